The molecular weight excluding hydrogens is 273 g/mol. The molecule has 1 amide bonds. The molecule has 1 aromatic carbocycles. The molecule has 0 saturated carbocycles. The molecule has 5 nitrogen and oxygen atoms in total. The smallest absolute Gasteiger partial charge is 0.279 e. The number of anilines is 1. The highest BCUT2D eigenvalue weighted by Crippen LogP contribution is 2.20. The Morgan fingerprint density at radius 3 is 2.95 bits per heavy atom. The number of carbonyl (C=O) groups is 1. The molecule has 0 saturated heterocycles. The standard InChI is InChI=1S/C12H10ClFN3O2/c1-2-3-10-11(17-19-16-10)12(18)15-7-4-5-9(14)8(13)6-7/h4-6H,1-3H2,(H,15,18). The van der Waals surface area contributed by atoms with Crippen LogP contribution in [-0.2, 0) is 6.42 Å². The van der Waals surface area contributed by atoms with E-state index in [2.05, 4.69) is 27.2 Å². The van der Waals surface area contributed by atoms with E-state index >= 15 is 0 Å². The minimum absolute atomic E-state index is 0.0749. The highest BCUT2D eigenvalue weighted by Gasteiger charge is 2.17. The molecule has 0 bridgehead atoms. The number of aryl methyl sites for hydroxylation is 1. The Morgan fingerprint density at radius 1 is 1.47 bits per heavy atom. The number of rotatable bonds is 4. The topological polar surface area (TPSA) is 68.0 Å². The van der Waals surface area contributed by atoms with Crippen molar-refractivity contribution in [3.05, 3.63) is 47.4 Å². The number of hydrogen-bond donors (Lipinski definition) is 1. The predicted molar refractivity (Wildman–Crippen MR) is 67.3 cm³/mol. The van der Waals surface area contributed by atoms with E-state index in [-0.39, 0.29) is 10.7 Å². The zero-order valence-electron chi connectivity index (χ0n) is 9.82. The van der Waals surface area contributed by atoms with Crippen LogP contribution in [0.1, 0.15) is 22.6 Å². The van der Waals surface area contributed by atoms with Gasteiger partial charge in [0.1, 0.15) is 11.5 Å². The van der Waals surface area contributed by atoms with Gasteiger partial charge in [-0.3, -0.25) is 4.79 Å². The van der Waals surface area contributed by atoms with Crippen molar-refractivity contribution in [2.24, 2.45) is 0 Å². The molecule has 0 aliphatic carbocycles. The molecule has 1 aromatic heterocycles. The number of halogens is 2. The van der Waals surface area contributed by atoms with Gasteiger partial charge in [0.05, 0.1) is 5.02 Å². The second-order valence-electron chi connectivity index (χ2n) is 3.75. The summed E-state index contributed by atoms with van der Waals surface area (Å²) in [6, 6.07) is 3.87. The van der Waals surface area contributed by atoms with Gasteiger partial charge in [-0.05, 0) is 36.2 Å². The monoisotopic (exact) mass is 282 g/mol. The quantitative estimate of drug-likeness (QED) is 0.936. The maximum atomic E-state index is 13.0. The molecule has 0 aliphatic rings. The second kappa shape index (κ2) is 5.79. The first-order valence-electron chi connectivity index (χ1n) is 5.49. The molecule has 0 spiro atoms. The number of hydrogen-bond acceptors (Lipinski definition) is 4. The largest absolute Gasteiger partial charge is 0.320 e. The van der Waals surface area contributed by atoms with Gasteiger partial charge in [-0.2, -0.15) is 0 Å². The van der Waals surface area contributed by atoms with Gasteiger partial charge in [-0.15, -0.1) is 0 Å². The fraction of sp³-hybridized carbons (Fsp3) is 0.167. The van der Waals surface area contributed by atoms with Gasteiger partial charge in [0.2, 0.25) is 0 Å². The number of amides is 1. The van der Waals surface area contributed by atoms with Crippen LogP contribution in [0, 0.1) is 12.7 Å². The van der Waals surface area contributed by atoms with Gasteiger partial charge in [-0.1, -0.05) is 23.7 Å². The average molecular weight is 283 g/mol. The van der Waals surface area contributed by atoms with Crippen LogP contribution in [0.4, 0.5) is 10.1 Å². The predicted octanol–water partition coefficient (Wildman–Crippen LogP) is 2.88. The van der Waals surface area contributed by atoms with Crippen LogP contribution in [0.3, 0.4) is 0 Å². The zero-order valence-corrected chi connectivity index (χ0v) is 10.6. The molecule has 19 heavy (non-hydrogen) atoms. The maximum Gasteiger partial charge on any atom is 0.279 e. The normalized spacial score (nSPS) is 10.5. The summed E-state index contributed by atoms with van der Waals surface area (Å²) in [6.45, 7) is 3.67. The zero-order chi connectivity index (χ0) is 13.8. The fourth-order valence-electron chi connectivity index (χ4n) is 1.47. The SMILES string of the molecule is [CH2]CCc1nonc1C(=O)Nc1ccc(F)c(Cl)c1. The van der Waals surface area contributed by atoms with Crippen LogP contribution in [0.5, 0.6) is 0 Å². The Hall–Kier alpha value is -1.95. The van der Waals surface area contributed by atoms with E-state index in [1.807, 2.05) is 0 Å². The molecule has 0 atom stereocenters. The number of carbonyl (C=O) groups excluding carboxylic acids is 1. The molecule has 99 valence electrons. The number of aromatic nitrogens is 2. The molecule has 0 aliphatic heterocycles. The molecule has 2 aromatic rings. The lowest BCUT2D eigenvalue weighted by Gasteiger charge is -2.04. The van der Waals surface area contributed by atoms with Crippen molar-refractivity contribution in [3.63, 3.8) is 0 Å². The summed E-state index contributed by atoms with van der Waals surface area (Å²) in [6.07, 6.45) is 1.05. The molecule has 7 heteroatoms. The van der Waals surface area contributed by atoms with Crippen molar-refractivity contribution in [3.8, 4) is 0 Å². The van der Waals surface area contributed by atoms with E-state index in [1.165, 1.54) is 12.1 Å². The third-order valence-electron chi connectivity index (χ3n) is 2.36. The lowest BCUT2D eigenvalue weighted by Crippen LogP contribution is -2.14. The van der Waals surface area contributed by atoms with Crippen LogP contribution >= 0.6 is 11.6 Å². The summed E-state index contributed by atoms with van der Waals surface area (Å²) in [5.74, 6) is -1.05. The average Bonchev–Trinajstić information content (AvgIpc) is 2.83. The molecule has 1 N–H and O–H groups in total. The minimum Gasteiger partial charge on any atom is -0.320 e. The van der Waals surface area contributed by atoms with E-state index in [0.29, 0.717) is 24.2 Å². The Kier molecular flexibility index (Phi) is 4.11. The van der Waals surface area contributed by atoms with Crippen molar-refractivity contribution >= 4 is 23.2 Å². The van der Waals surface area contributed by atoms with E-state index in [0.717, 1.165) is 6.07 Å². The Labute approximate surface area is 113 Å². The van der Waals surface area contributed by atoms with Crippen molar-refractivity contribution in [1.29, 1.82) is 0 Å². The number of nitrogens with one attached hydrogen (secondary N) is 1. The first-order chi connectivity index (χ1) is 9.11. The summed E-state index contributed by atoms with van der Waals surface area (Å²) in [7, 11) is 0. The first-order valence-corrected chi connectivity index (χ1v) is 5.86. The summed E-state index contributed by atoms with van der Waals surface area (Å²) < 4.78 is 17.5. The number of nitrogens with zero attached hydrogens (tertiary/aromatic N) is 2. The lowest BCUT2D eigenvalue weighted by atomic mass is 10.2. The second-order valence-corrected chi connectivity index (χ2v) is 4.15. The van der Waals surface area contributed by atoms with Crippen LogP contribution in [-0.4, -0.2) is 16.2 Å². The van der Waals surface area contributed by atoms with Crippen molar-refractivity contribution in [2.45, 2.75) is 12.8 Å². The Morgan fingerprint density at radius 2 is 2.26 bits per heavy atom. The van der Waals surface area contributed by atoms with Crippen molar-refractivity contribution in [2.75, 3.05) is 5.32 Å². The van der Waals surface area contributed by atoms with E-state index in [9.17, 15) is 9.18 Å². The van der Waals surface area contributed by atoms with Gasteiger partial charge in [0.25, 0.3) is 5.91 Å². The number of benzene rings is 1. The third kappa shape index (κ3) is 3.08. The molecule has 0 fully saturated rings. The summed E-state index contributed by atoms with van der Waals surface area (Å²) in [5.41, 5.74) is 0.879. The van der Waals surface area contributed by atoms with E-state index in [4.69, 9.17) is 11.6 Å². The minimum atomic E-state index is -0.555. The van der Waals surface area contributed by atoms with Crippen LogP contribution in [0.25, 0.3) is 0 Å². The Balaban J connectivity index is 2.16. The van der Waals surface area contributed by atoms with E-state index < -0.39 is 11.7 Å². The third-order valence-corrected chi connectivity index (χ3v) is 2.65. The first kappa shape index (κ1) is 13.5. The van der Waals surface area contributed by atoms with Gasteiger partial charge in [-0.25, -0.2) is 9.02 Å². The maximum absolute atomic E-state index is 13.0. The van der Waals surface area contributed by atoms with Crippen molar-refractivity contribution < 1.29 is 13.8 Å². The summed E-state index contributed by atoms with van der Waals surface area (Å²) >= 11 is 5.62. The highest BCUT2D eigenvalue weighted by molar-refractivity contribution is 6.31. The van der Waals surface area contributed by atoms with Crippen LogP contribution in [0.2, 0.25) is 5.02 Å². The summed E-state index contributed by atoms with van der Waals surface area (Å²) in [5, 5.41) is 9.63. The van der Waals surface area contributed by atoms with Gasteiger partial charge in [0, 0.05) is 5.69 Å². The highest BCUT2D eigenvalue weighted by atomic mass is 35.5. The molecule has 1 radical (unpaired) electrons. The molecule has 0 unspecified atom stereocenters. The molecule has 2 rings (SSSR count). The molecule has 1 heterocycles. The lowest BCUT2D eigenvalue weighted by molar-refractivity contribution is 0.101. The van der Waals surface area contributed by atoms with E-state index in [1.54, 1.807) is 0 Å². The fourth-order valence-corrected chi connectivity index (χ4v) is 1.66. The van der Waals surface area contributed by atoms with Crippen LogP contribution in [0.15, 0.2) is 22.8 Å². The van der Waals surface area contributed by atoms with Crippen LogP contribution < -0.4 is 5.32 Å². The van der Waals surface area contributed by atoms with Crippen molar-refractivity contribution in [1.82, 2.24) is 10.3 Å². The Bertz CT molecular complexity index is 600. The molecular formula is C12H10ClFN3O2. The van der Waals surface area contributed by atoms with Gasteiger partial charge >= 0.3 is 0 Å². The van der Waals surface area contributed by atoms with Gasteiger partial charge < -0.3 is 5.32 Å². The van der Waals surface area contributed by atoms with Gasteiger partial charge in [0.15, 0.2) is 5.69 Å². The summed E-state index contributed by atoms with van der Waals surface area (Å²) in [4.78, 5) is 11.9.